The first-order chi connectivity index (χ1) is 8.07. The molecule has 0 aliphatic heterocycles. The van der Waals surface area contributed by atoms with Crippen molar-refractivity contribution in [1.29, 1.82) is 0 Å². The molecule has 1 radical (unpaired) electrons. The second-order valence-corrected chi connectivity index (χ2v) is 3.54. The van der Waals surface area contributed by atoms with Crippen LogP contribution >= 0.6 is 0 Å². The number of rotatable bonds is 3. The van der Waals surface area contributed by atoms with Gasteiger partial charge in [-0.25, -0.2) is 9.78 Å². The molecule has 2 aromatic rings. The molecule has 0 aromatic carbocycles. The minimum Gasteiger partial charge on any atom is -0.330 e. The van der Waals surface area contributed by atoms with Crippen LogP contribution in [0.2, 0.25) is 0 Å². The van der Waals surface area contributed by atoms with Gasteiger partial charge in [-0.05, 0) is 0 Å². The number of fused-ring (bicyclic) bond motifs is 1. The van der Waals surface area contributed by atoms with Crippen molar-refractivity contribution < 1.29 is 4.79 Å². The van der Waals surface area contributed by atoms with Gasteiger partial charge in [-0.1, -0.05) is 0 Å². The highest BCUT2D eigenvalue weighted by Gasteiger charge is 2.14. The van der Waals surface area contributed by atoms with Gasteiger partial charge < -0.3 is 9.88 Å². The number of nitrogens with zero attached hydrogens (tertiary/aromatic N) is 4. The lowest BCUT2D eigenvalue weighted by Crippen LogP contribution is -2.40. The summed E-state index contributed by atoms with van der Waals surface area (Å²) in [5, 5.41) is 2.25. The molecule has 2 heterocycles. The van der Waals surface area contributed by atoms with E-state index < -0.39 is 11.2 Å². The molecule has 8 heteroatoms. The van der Waals surface area contributed by atoms with Crippen LogP contribution in [0, 0.1) is 0 Å². The molecule has 0 fully saturated rings. The Kier molecular flexibility index (Phi) is 2.54. The standard InChI is InChI=1S/C9H10N5O3/c1-12-4-11-7-6(12)8(16)13(2)9(17)14(7)3-10-5-15/h4H,3H2,1-2H3,(H,10,15). The molecular weight excluding hydrogens is 226 g/mol. The highest BCUT2D eigenvalue weighted by molar-refractivity contribution is 5.69. The number of aryl methyl sites for hydroxylation is 1. The fraction of sp³-hybridized carbons (Fsp3) is 0.333. The molecule has 0 unspecified atom stereocenters. The lowest BCUT2D eigenvalue weighted by Gasteiger charge is -2.07. The Morgan fingerprint density at radius 2 is 2.12 bits per heavy atom. The molecule has 0 saturated carbocycles. The van der Waals surface area contributed by atoms with Crippen molar-refractivity contribution in [2.75, 3.05) is 0 Å². The van der Waals surface area contributed by atoms with Gasteiger partial charge in [-0.15, -0.1) is 0 Å². The molecule has 89 valence electrons. The first kappa shape index (κ1) is 11.1. The molecular formula is C9H10N5O3. The van der Waals surface area contributed by atoms with Crippen molar-refractivity contribution in [2.45, 2.75) is 6.67 Å². The Bertz CT molecular complexity index is 693. The van der Waals surface area contributed by atoms with E-state index in [1.165, 1.54) is 28.9 Å². The predicted molar refractivity (Wildman–Crippen MR) is 59.0 cm³/mol. The van der Waals surface area contributed by atoms with E-state index in [0.717, 1.165) is 4.57 Å². The predicted octanol–water partition coefficient (Wildman–Crippen LogP) is -1.95. The zero-order valence-corrected chi connectivity index (χ0v) is 9.30. The fourth-order valence-corrected chi connectivity index (χ4v) is 1.63. The summed E-state index contributed by atoms with van der Waals surface area (Å²) in [4.78, 5) is 37.8. The topological polar surface area (TPSA) is 90.9 Å². The normalized spacial score (nSPS) is 10.7. The maximum Gasteiger partial charge on any atom is 0.333 e. The summed E-state index contributed by atoms with van der Waals surface area (Å²) in [5.41, 5.74) is -0.413. The molecule has 2 rings (SSSR count). The van der Waals surface area contributed by atoms with Crippen LogP contribution in [0.1, 0.15) is 0 Å². The minimum atomic E-state index is -0.538. The monoisotopic (exact) mass is 236 g/mol. The zero-order chi connectivity index (χ0) is 12.6. The third kappa shape index (κ3) is 1.53. The summed E-state index contributed by atoms with van der Waals surface area (Å²) >= 11 is 0. The summed E-state index contributed by atoms with van der Waals surface area (Å²) < 4.78 is 3.69. The molecule has 8 nitrogen and oxygen atoms in total. The molecule has 0 atom stereocenters. The maximum absolute atomic E-state index is 11.8. The van der Waals surface area contributed by atoms with E-state index in [2.05, 4.69) is 10.3 Å². The molecule has 0 aliphatic carbocycles. The van der Waals surface area contributed by atoms with Crippen LogP contribution in [0.4, 0.5) is 0 Å². The van der Waals surface area contributed by atoms with Crippen LogP contribution < -0.4 is 16.6 Å². The van der Waals surface area contributed by atoms with E-state index >= 15 is 0 Å². The largest absolute Gasteiger partial charge is 0.333 e. The van der Waals surface area contributed by atoms with Crippen molar-refractivity contribution in [3.63, 3.8) is 0 Å². The molecule has 0 spiro atoms. The van der Waals surface area contributed by atoms with Crippen molar-refractivity contribution in [1.82, 2.24) is 24.0 Å². The fourth-order valence-electron chi connectivity index (χ4n) is 1.63. The number of amides is 1. The molecule has 0 saturated heterocycles. The summed E-state index contributed by atoms with van der Waals surface area (Å²) in [6.45, 7) is -0.0794. The van der Waals surface area contributed by atoms with Crippen molar-refractivity contribution in [3.05, 3.63) is 27.2 Å². The number of hydrogen-bond donors (Lipinski definition) is 1. The Morgan fingerprint density at radius 3 is 2.76 bits per heavy atom. The average Bonchev–Trinajstić information content (AvgIpc) is 2.69. The van der Waals surface area contributed by atoms with Gasteiger partial charge in [0.1, 0.15) is 6.67 Å². The first-order valence-corrected chi connectivity index (χ1v) is 4.78. The number of imidazole rings is 1. The minimum absolute atomic E-state index is 0.0794. The quantitative estimate of drug-likeness (QED) is 0.627. The number of aromatic nitrogens is 4. The van der Waals surface area contributed by atoms with Gasteiger partial charge >= 0.3 is 12.1 Å². The van der Waals surface area contributed by atoms with Gasteiger partial charge in [0.05, 0.1) is 6.33 Å². The summed E-state index contributed by atoms with van der Waals surface area (Å²) in [6, 6.07) is 0. The van der Waals surface area contributed by atoms with E-state index in [1.54, 1.807) is 7.05 Å². The molecule has 0 bridgehead atoms. The SMILES string of the molecule is Cn1c(=O)c2c(ncn2C)n(CN[C]=O)c1=O. The second-order valence-electron chi connectivity index (χ2n) is 3.54. The maximum atomic E-state index is 11.8. The van der Waals surface area contributed by atoms with E-state index in [1.807, 2.05) is 0 Å². The summed E-state index contributed by atoms with van der Waals surface area (Å²) in [6.07, 6.45) is 2.90. The van der Waals surface area contributed by atoms with Crippen molar-refractivity contribution in [2.24, 2.45) is 14.1 Å². The van der Waals surface area contributed by atoms with Crippen LogP contribution in [-0.2, 0) is 25.6 Å². The van der Waals surface area contributed by atoms with Crippen LogP contribution in [-0.4, -0.2) is 25.1 Å². The van der Waals surface area contributed by atoms with Crippen LogP contribution in [0.15, 0.2) is 15.9 Å². The molecule has 1 amide bonds. The average molecular weight is 236 g/mol. The Labute approximate surface area is 95.1 Å². The van der Waals surface area contributed by atoms with E-state index in [9.17, 15) is 14.4 Å². The highest BCUT2D eigenvalue weighted by atomic mass is 16.2. The van der Waals surface area contributed by atoms with Crippen LogP contribution in [0.5, 0.6) is 0 Å². The van der Waals surface area contributed by atoms with Gasteiger partial charge in [-0.2, -0.15) is 0 Å². The Morgan fingerprint density at radius 1 is 1.41 bits per heavy atom. The third-order valence-corrected chi connectivity index (χ3v) is 2.51. The Hall–Kier alpha value is -2.38. The van der Waals surface area contributed by atoms with Gasteiger partial charge in [0, 0.05) is 14.1 Å². The summed E-state index contributed by atoms with van der Waals surface area (Å²) in [5.74, 6) is 0. The third-order valence-electron chi connectivity index (χ3n) is 2.51. The number of carbonyl (C=O) groups excluding carboxylic acids is 1. The van der Waals surface area contributed by atoms with Crippen molar-refractivity contribution >= 4 is 17.6 Å². The van der Waals surface area contributed by atoms with Crippen LogP contribution in [0.25, 0.3) is 11.2 Å². The zero-order valence-electron chi connectivity index (χ0n) is 9.30. The molecule has 0 aliphatic rings. The molecule has 17 heavy (non-hydrogen) atoms. The smallest absolute Gasteiger partial charge is 0.330 e. The van der Waals surface area contributed by atoms with Crippen molar-refractivity contribution in [3.8, 4) is 0 Å². The lowest BCUT2D eigenvalue weighted by atomic mass is 10.5. The van der Waals surface area contributed by atoms with E-state index in [4.69, 9.17) is 0 Å². The molecule has 1 N–H and O–H groups in total. The van der Waals surface area contributed by atoms with E-state index in [0.29, 0.717) is 5.52 Å². The highest BCUT2D eigenvalue weighted by Crippen LogP contribution is 2.03. The van der Waals surface area contributed by atoms with Crippen LogP contribution in [0.3, 0.4) is 0 Å². The Balaban J connectivity index is 2.87. The number of hydrogen-bond acceptors (Lipinski definition) is 4. The van der Waals surface area contributed by atoms with Gasteiger partial charge in [0.25, 0.3) is 5.56 Å². The second kappa shape index (κ2) is 3.89. The van der Waals surface area contributed by atoms with E-state index in [-0.39, 0.29) is 12.3 Å². The lowest BCUT2D eigenvalue weighted by molar-refractivity contribution is 0.520. The summed E-state index contributed by atoms with van der Waals surface area (Å²) in [7, 11) is 3.03. The molecule has 2 aromatic heterocycles. The first-order valence-electron chi connectivity index (χ1n) is 4.78. The van der Waals surface area contributed by atoms with Gasteiger partial charge in [-0.3, -0.25) is 18.7 Å². The van der Waals surface area contributed by atoms with Gasteiger partial charge in [0.15, 0.2) is 11.2 Å². The number of nitrogens with one attached hydrogen (secondary N) is 1. The van der Waals surface area contributed by atoms with Gasteiger partial charge in [0.2, 0.25) is 0 Å².